The van der Waals surface area contributed by atoms with Gasteiger partial charge in [0.25, 0.3) is 5.91 Å². The van der Waals surface area contributed by atoms with Crippen LogP contribution in [0.2, 0.25) is 0 Å². The number of carbonyl (C=O) groups is 1. The molecule has 7 heteroatoms. The fraction of sp³-hybridized carbons (Fsp3) is 0.667. The predicted molar refractivity (Wildman–Crippen MR) is 76.6 cm³/mol. The molecular formula is C12H20N4O2S. The quantitative estimate of drug-likeness (QED) is 0.719. The van der Waals surface area contributed by atoms with Crippen LogP contribution < -0.4 is 16.0 Å². The standard InChI is InChI=1S/C12H20N4O2S/c1-7(2)16(5-6-17)12-9(10(13)15-19-12)11(18)14-8-3-4-8/h7-8,17H,3-6H2,1-2H3,(H2,13,15)(H,14,18). The van der Waals surface area contributed by atoms with Crippen LogP contribution in [-0.2, 0) is 0 Å². The van der Waals surface area contributed by atoms with Crippen molar-refractivity contribution in [2.45, 2.75) is 38.8 Å². The molecule has 1 aromatic rings. The number of rotatable bonds is 6. The Hall–Kier alpha value is -1.34. The zero-order valence-corrected chi connectivity index (χ0v) is 12.0. The second-order valence-corrected chi connectivity index (χ2v) is 5.76. The summed E-state index contributed by atoms with van der Waals surface area (Å²) in [6.45, 7) is 4.50. The van der Waals surface area contributed by atoms with Crippen molar-refractivity contribution in [3.63, 3.8) is 0 Å². The molecule has 0 unspecified atom stereocenters. The molecule has 1 heterocycles. The molecule has 0 aromatic carbocycles. The van der Waals surface area contributed by atoms with Crippen molar-refractivity contribution >= 4 is 28.3 Å². The summed E-state index contributed by atoms with van der Waals surface area (Å²) in [4.78, 5) is 14.2. The highest BCUT2D eigenvalue weighted by Gasteiger charge is 2.29. The van der Waals surface area contributed by atoms with E-state index in [0.717, 1.165) is 17.8 Å². The molecule has 19 heavy (non-hydrogen) atoms. The zero-order valence-electron chi connectivity index (χ0n) is 11.2. The number of aliphatic hydroxyl groups is 1. The summed E-state index contributed by atoms with van der Waals surface area (Å²) in [5, 5.41) is 12.8. The number of amides is 1. The fourth-order valence-corrected chi connectivity index (χ4v) is 2.86. The summed E-state index contributed by atoms with van der Waals surface area (Å²) in [5.41, 5.74) is 6.27. The van der Waals surface area contributed by atoms with Gasteiger partial charge in [0.2, 0.25) is 0 Å². The number of nitrogens with one attached hydrogen (secondary N) is 1. The van der Waals surface area contributed by atoms with Crippen LogP contribution in [0.5, 0.6) is 0 Å². The smallest absolute Gasteiger partial charge is 0.258 e. The van der Waals surface area contributed by atoms with E-state index in [1.165, 1.54) is 11.5 Å². The van der Waals surface area contributed by atoms with Gasteiger partial charge < -0.3 is 21.1 Å². The number of aliphatic hydroxyl groups excluding tert-OH is 1. The molecule has 1 aromatic heterocycles. The monoisotopic (exact) mass is 284 g/mol. The Morgan fingerprint density at radius 3 is 2.84 bits per heavy atom. The van der Waals surface area contributed by atoms with Gasteiger partial charge in [-0.05, 0) is 38.2 Å². The van der Waals surface area contributed by atoms with Gasteiger partial charge in [-0.3, -0.25) is 4.79 Å². The molecule has 0 atom stereocenters. The first-order chi connectivity index (χ1) is 9.04. The van der Waals surface area contributed by atoms with Crippen LogP contribution in [-0.4, -0.2) is 40.6 Å². The summed E-state index contributed by atoms with van der Waals surface area (Å²) < 4.78 is 4.09. The van der Waals surface area contributed by atoms with E-state index in [9.17, 15) is 4.79 Å². The van der Waals surface area contributed by atoms with Gasteiger partial charge in [-0.2, -0.15) is 4.37 Å². The van der Waals surface area contributed by atoms with Crippen LogP contribution in [0.15, 0.2) is 0 Å². The molecule has 106 valence electrons. The number of anilines is 2. The molecule has 1 fully saturated rings. The van der Waals surface area contributed by atoms with Crippen LogP contribution >= 0.6 is 11.5 Å². The molecule has 0 radical (unpaired) electrons. The largest absolute Gasteiger partial charge is 0.395 e. The van der Waals surface area contributed by atoms with Crippen molar-refractivity contribution in [1.82, 2.24) is 9.69 Å². The maximum atomic E-state index is 12.2. The second-order valence-electron chi connectivity index (χ2n) is 5.01. The first-order valence-electron chi connectivity index (χ1n) is 6.48. The Morgan fingerprint density at radius 1 is 1.63 bits per heavy atom. The van der Waals surface area contributed by atoms with E-state index in [1.807, 2.05) is 18.7 Å². The third-order valence-electron chi connectivity index (χ3n) is 3.07. The molecule has 0 spiro atoms. The van der Waals surface area contributed by atoms with Gasteiger partial charge >= 0.3 is 0 Å². The number of nitrogen functional groups attached to an aromatic ring is 1. The minimum absolute atomic E-state index is 0.0274. The van der Waals surface area contributed by atoms with E-state index in [4.69, 9.17) is 10.8 Å². The van der Waals surface area contributed by atoms with Gasteiger partial charge in [0.05, 0.1) is 6.61 Å². The number of hydrogen-bond acceptors (Lipinski definition) is 6. The van der Waals surface area contributed by atoms with E-state index >= 15 is 0 Å². The van der Waals surface area contributed by atoms with Gasteiger partial charge in [0, 0.05) is 18.6 Å². The average molecular weight is 284 g/mol. The highest BCUT2D eigenvalue weighted by molar-refractivity contribution is 7.11. The molecular weight excluding hydrogens is 264 g/mol. The van der Waals surface area contributed by atoms with Gasteiger partial charge in [0.1, 0.15) is 10.6 Å². The van der Waals surface area contributed by atoms with Crippen molar-refractivity contribution in [3.05, 3.63) is 5.56 Å². The lowest BCUT2D eigenvalue weighted by molar-refractivity contribution is 0.0952. The van der Waals surface area contributed by atoms with Crippen molar-refractivity contribution < 1.29 is 9.90 Å². The number of carbonyl (C=O) groups excluding carboxylic acids is 1. The third kappa shape index (κ3) is 3.16. The Labute approximate surface area is 116 Å². The van der Waals surface area contributed by atoms with Crippen LogP contribution in [0.4, 0.5) is 10.8 Å². The summed E-state index contributed by atoms with van der Waals surface area (Å²) in [7, 11) is 0. The predicted octanol–water partition coefficient (Wildman–Crippen LogP) is 0.825. The van der Waals surface area contributed by atoms with Gasteiger partial charge in [-0.1, -0.05) is 0 Å². The van der Waals surface area contributed by atoms with Crippen molar-refractivity contribution in [3.8, 4) is 0 Å². The fourth-order valence-electron chi connectivity index (χ4n) is 1.89. The highest BCUT2D eigenvalue weighted by atomic mass is 32.1. The van der Waals surface area contributed by atoms with Crippen molar-refractivity contribution in [2.24, 2.45) is 0 Å². The van der Waals surface area contributed by atoms with Gasteiger partial charge in [-0.25, -0.2) is 0 Å². The lowest BCUT2D eigenvalue weighted by Gasteiger charge is -2.27. The molecule has 1 amide bonds. The topological polar surface area (TPSA) is 91.5 Å². The van der Waals surface area contributed by atoms with Crippen LogP contribution in [0.3, 0.4) is 0 Å². The summed E-state index contributed by atoms with van der Waals surface area (Å²) in [6, 6.07) is 0.449. The van der Waals surface area contributed by atoms with Crippen molar-refractivity contribution in [1.29, 1.82) is 0 Å². The number of hydrogen-bond donors (Lipinski definition) is 3. The molecule has 1 saturated carbocycles. The summed E-state index contributed by atoms with van der Waals surface area (Å²) >= 11 is 1.21. The Morgan fingerprint density at radius 2 is 2.32 bits per heavy atom. The Bertz CT molecular complexity index is 457. The first-order valence-corrected chi connectivity index (χ1v) is 7.25. The molecule has 6 nitrogen and oxygen atoms in total. The lowest BCUT2D eigenvalue weighted by Crippen LogP contribution is -2.35. The molecule has 0 aliphatic heterocycles. The molecule has 2 rings (SSSR count). The van der Waals surface area contributed by atoms with Gasteiger partial charge in [-0.15, -0.1) is 0 Å². The molecule has 0 bridgehead atoms. The normalized spacial score (nSPS) is 14.7. The minimum atomic E-state index is -0.160. The van der Waals surface area contributed by atoms with E-state index < -0.39 is 0 Å². The SMILES string of the molecule is CC(C)N(CCO)c1snc(N)c1C(=O)NC1CC1. The maximum absolute atomic E-state index is 12.2. The van der Waals surface area contributed by atoms with Crippen LogP contribution in [0.1, 0.15) is 37.0 Å². The Kier molecular flexibility index (Phi) is 4.26. The van der Waals surface area contributed by atoms with E-state index in [2.05, 4.69) is 9.69 Å². The number of nitrogens with two attached hydrogens (primary N) is 1. The Balaban J connectivity index is 2.26. The molecule has 1 aliphatic carbocycles. The van der Waals surface area contributed by atoms with Crippen LogP contribution in [0.25, 0.3) is 0 Å². The lowest BCUT2D eigenvalue weighted by atomic mass is 10.2. The zero-order chi connectivity index (χ0) is 14.0. The van der Waals surface area contributed by atoms with Crippen LogP contribution in [0, 0.1) is 0 Å². The number of aromatic nitrogens is 1. The summed E-state index contributed by atoms with van der Waals surface area (Å²) in [6.07, 6.45) is 2.06. The van der Waals surface area contributed by atoms with Crippen molar-refractivity contribution in [2.75, 3.05) is 23.8 Å². The minimum Gasteiger partial charge on any atom is -0.395 e. The third-order valence-corrected chi connectivity index (χ3v) is 3.96. The molecule has 0 saturated heterocycles. The van der Waals surface area contributed by atoms with E-state index in [1.54, 1.807) is 0 Å². The average Bonchev–Trinajstić information content (AvgIpc) is 3.07. The number of nitrogens with zero attached hydrogens (tertiary/aromatic N) is 2. The molecule has 4 N–H and O–H groups in total. The summed E-state index contributed by atoms with van der Waals surface area (Å²) in [5.74, 6) is 0.106. The first kappa shape index (κ1) is 14.1. The second kappa shape index (κ2) is 5.75. The van der Waals surface area contributed by atoms with Gasteiger partial charge in [0.15, 0.2) is 5.82 Å². The maximum Gasteiger partial charge on any atom is 0.258 e. The highest BCUT2D eigenvalue weighted by Crippen LogP contribution is 2.32. The van der Waals surface area contributed by atoms with E-state index in [-0.39, 0.29) is 30.4 Å². The van der Waals surface area contributed by atoms with E-state index in [0.29, 0.717) is 12.1 Å². The molecule has 1 aliphatic rings.